The molecule has 0 spiro atoms. The molecule has 2 heterocycles. The van der Waals surface area contributed by atoms with Gasteiger partial charge in [0, 0.05) is 44.6 Å². The average molecular weight is 990 g/mol. The number of nitrogens with zero attached hydrogens (tertiary/aromatic N) is 1. The molecule has 0 radical (unpaired) electrons. The van der Waals surface area contributed by atoms with Crippen LogP contribution in [0.1, 0.15) is 132 Å². The van der Waals surface area contributed by atoms with Crippen LogP contribution in [-0.2, 0) is 48.5 Å². The van der Waals surface area contributed by atoms with Gasteiger partial charge in [0.15, 0.2) is 6.29 Å². The number of amides is 1. The summed E-state index contributed by atoms with van der Waals surface area (Å²) in [7, 11) is 3.25. The predicted molar refractivity (Wildman–Crippen MR) is 274 cm³/mol. The van der Waals surface area contributed by atoms with Gasteiger partial charge in [0.25, 0.3) is 0 Å². The smallest absolute Gasteiger partial charge is 0.338 e. The normalized spacial score (nSPS) is 20.9. The van der Waals surface area contributed by atoms with Gasteiger partial charge in [-0.2, -0.15) is 0 Å². The summed E-state index contributed by atoms with van der Waals surface area (Å²) in [5, 5.41) is 0. The Bertz CT molecular complexity index is 2270. The predicted octanol–water partition coefficient (Wildman–Crippen LogP) is 10.5. The van der Waals surface area contributed by atoms with Crippen molar-refractivity contribution in [1.82, 2.24) is 4.90 Å². The van der Waals surface area contributed by atoms with E-state index in [4.69, 9.17) is 33.2 Å². The number of esters is 2. The Kier molecular flexibility index (Phi) is 21.4. The van der Waals surface area contributed by atoms with Crippen molar-refractivity contribution in [2.75, 3.05) is 40.6 Å². The quantitative estimate of drug-likeness (QED) is 0.0302. The summed E-state index contributed by atoms with van der Waals surface area (Å²) in [6, 6.07) is 34.0. The molecule has 388 valence electrons. The number of hydrogen-bond donors (Lipinski definition) is 0. The van der Waals surface area contributed by atoms with E-state index in [1.165, 1.54) is 6.92 Å². The molecule has 0 N–H and O–H groups in total. The van der Waals surface area contributed by atoms with Crippen LogP contribution in [0.3, 0.4) is 0 Å². The molecule has 0 aromatic heterocycles. The lowest BCUT2D eigenvalue weighted by Gasteiger charge is -2.43. The second-order valence-corrected chi connectivity index (χ2v) is 19.4. The first-order chi connectivity index (χ1) is 34.8. The molecular formula is C59H75NO12. The van der Waals surface area contributed by atoms with Crippen LogP contribution in [-0.4, -0.2) is 99.4 Å². The molecule has 2 fully saturated rings. The van der Waals surface area contributed by atoms with Gasteiger partial charge in [-0.3, -0.25) is 14.4 Å². The Morgan fingerprint density at radius 3 is 1.79 bits per heavy atom. The minimum Gasteiger partial charge on any atom is -0.497 e. The van der Waals surface area contributed by atoms with Crippen LogP contribution < -0.4 is 9.47 Å². The van der Waals surface area contributed by atoms with E-state index in [0.29, 0.717) is 61.7 Å². The van der Waals surface area contributed by atoms with E-state index in [1.54, 1.807) is 43.4 Å². The maximum absolute atomic E-state index is 14.1. The summed E-state index contributed by atoms with van der Waals surface area (Å²) in [6.07, 6.45) is 4.95. The average Bonchev–Trinajstić information content (AvgIpc) is 3.81. The number of ketones is 2. The first kappa shape index (κ1) is 55.4. The zero-order valence-electron chi connectivity index (χ0n) is 43.1. The van der Waals surface area contributed by atoms with Gasteiger partial charge in [-0.1, -0.05) is 106 Å². The Balaban J connectivity index is 0.985. The van der Waals surface area contributed by atoms with Crippen molar-refractivity contribution in [3.8, 4) is 11.5 Å². The van der Waals surface area contributed by atoms with E-state index < -0.39 is 30.0 Å². The highest BCUT2D eigenvalue weighted by atomic mass is 16.7. The third-order valence-electron chi connectivity index (χ3n) is 14.4. The molecule has 2 aliphatic heterocycles. The largest absolute Gasteiger partial charge is 0.497 e. The van der Waals surface area contributed by atoms with Crippen LogP contribution >= 0.6 is 0 Å². The van der Waals surface area contributed by atoms with Crippen molar-refractivity contribution in [3.05, 3.63) is 131 Å². The fourth-order valence-corrected chi connectivity index (χ4v) is 9.77. The number of carbonyl (C=O) groups excluding carboxylic acids is 5. The Labute approximate surface area is 426 Å². The highest BCUT2D eigenvalue weighted by Gasteiger charge is 2.43. The summed E-state index contributed by atoms with van der Waals surface area (Å²) in [6.45, 7) is 8.85. The third-order valence-corrected chi connectivity index (χ3v) is 14.4. The van der Waals surface area contributed by atoms with Crippen molar-refractivity contribution < 1.29 is 57.1 Å². The van der Waals surface area contributed by atoms with Crippen LogP contribution in [0.5, 0.6) is 11.5 Å². The number of unbranched alkanes of at least 4 members (excludes halogenated alkanes) is 4. The molecule has 13 nitrogen and oxygen atoms in total. The van der Waals surface area contributed by atoms with Gasteiger partial charge in [0.05, 0.1) is 51.5 Å². The Morgan fingerprint density at radius 2 is 1.19 bits per heavy atom. The van der Waals surface area contributed by atoms with Gasteiger partial charge < -0.3 is 42.9 Å². The fraction of sp³-hybridized carbons (Fsp3) is 0.508. The van der Waals surface area contributed by atoms with Crippen molar-refractivity contribution in [2.24, 2.45) is 17.8 Å². The zero-order chi connectivity index (χ0) is 51.5. The molecule has 2 aliphatic rings. The van der Waals surface area contributed by atoms with E-state index in [9.17, 15) is 24.0 Å². The number of benzene rings is 4. The maximum Gasteiger partial charge on any atom is 0.338 e. The van der Waals surface area contributed by atoms with Gasteiger partial charge in [-0.05, 0) is 97.5 Å². The minimum absolute atomic E-state index is 0.0171. The first-order valence-corrected chi connectivity index (χ1v) is 25.8. The summed E-state index contributed by atoms with van der Waals surface area (Å²) in [5.41, 5.74) is 2.00. The molecular weight excluding hydrogens is 915 g/mol. The van der Waals surface area contributed by atoms with Gasteiger partial charge in [0.1, 0.15) is 41.4 Å². The topological polar surface area (TPSA) is 153 Å². The second kappa shape index (κ2) is 27.8. The van der Waals surface area contributed by atoms with Crippen LogP contribution in [0.15, 0.2) is 109 Å². The number of Topliss-reactive ketones (excluding diaryl/α,β-unsaturated/α-hetero) is 2. The van der Waals surface area contributed by atoms with Crippen LogP contribution in [0.4, 0.5) is 0 Å². The molecule has 2 saturated heterocycles. The second-order valence-electron chi connectivity index (χ2n) is 19.4. The maximum atomic E-state index is 14.1. The first-order valence-electron chi connectivity index (χ1n) is 25.8. The van der Waals surface area contributed by atoms with Crippen molar-refractivity contribution >= 4 is 29.4 Å². The molecule has 6 rings (SSSR count). The minimum atomic E-state index is -1.11. The number of ether oxygens (including phenoxy) is 7. The van der Waals surface area contributed by atoms with Gasteiger partial charge in [0.2, 0.25) is 5.91 Å². The van der Waals surface area contributed by atoms with Gasteiger partial charge in [-0.15, -0.1) is 0 Å². The number of likely N-dealkylation sites (tertiary alicyclic amines) is 1. The number of hydrogen-bond acceptors (Lipinski definition) is 12. The molecule has 0 saturated carbocycles. The molecule has 2 unspecified atom stereocenters. The van der Waals surface area contributed by atoms with Gasteiger partial charge >= 0.3 is 11.9 Å². The fourth-order valence-electron chi connectivity index (χ4n) is 9.77. The van der Waals surface area contributed by atoms with Crippen molar-refractivity contribution in [1.29, 1.82) is 0 Å². The molecule has 0 bridgehead atoms. The monoisotopic (exact) mass is 990 g/mol. The molecule has 72 heavy (non-hydrogen) atoms. The lowest BCUT2D eigenvalue weighted by atomic mass is 9.79. The Morgan fingerprint density at radius 1 is 0.625 bits per heavy atom. The lowest BCUT2D eigenvalue weighted by molar-refractivity contribution is -0.254. The van der Waals surface area contributed by atoms with Crippen molar-refractivity contribution in [3.63, 3.8) is 0 Å². The van der Waals surface area contributed by atoms with E-state index in [1.807, 2.05) is 84.9 Å². The van der Waals surface area contributed by atoms with Crippen LogP contribution in [0.25, 0.3) is 0 Å². The molecule has 13 heteroatoms. The summed E-state index contributed by atoms with van der Waals surface area (Å²) in [4.78, 5) is 65.9. The zero-order valence-corrected chi connectivity index (χ0v) is 43.1. The van der Waals surface area contributed by atoms with E-state index >= 15 is 0 Å². The number of rotatable bonds is 28. The number of methoxy groups -OCH3 is 2. The third kappa shape index (κ3) is 15.3. The SMILES string of the molecule is COc1ccc(C(OC[C@@H]2C[C@@H](OC(=O)CCC(C)=O)CN2C(=O)CCCCCCC(=O)CCCCO[C@H]2OC(COC(=O)c3ccccc3)[C@@H](C)[C@H](C)C2C)(c2ccccc2)c2ccc(OC)cc2)cc1. The van der Waals surface area contributed by atoms with Gasteiger partial charge in [-0.25, -0.2) is 4.79 Å². The van der Waals surface area contributed by atoms with Crippen molar-refractivity contribution in [2.45, 2.75) is 135 Å². The molecule has 0 aliphatic carbocycles. The highest BCUT2D eigenvalue weighted by Crippen LogP contribution is 2.43. The van der Waals surface area contributed by atoms with E-state index in [0.717, 1.165) is 48.8 Å². The van der Waals surface area contributed by atoms with Crippen LogP contribution in [0, 0.1) is 17.8 Å². The van der Waals surface area contributed by atoms with E-state index in [2.05, 4.69) is 20.8 Å². The summed E-state index contributed by atoms with van der Waals surface area (Å²) >= 11 is 0. The summed E-state index contributed by atoms with van der Waals surface area (Å²) in [5.74, 6) is 1.28. The lowest BCUT2D eigenvalue weighted by Crippen LogP contribution is -2.48. The summed E-state index contributed by atoms with van der Waals surface area (Å²) < 4.78 is 42.2. The molecule has 1 amide bonds. The molecule has 7 atom stereocenters. The molecule has 4 aromatic carbocycles. The molecule has 4 aromatic rings. The van der Waals surface area contributed by atoms with E-state index in [-0.39, 0.29) is 74.0 Å². The number of carbonyl (C=O) groups is 5. The standard InChI is InChI=1S/C59H75NO12/c1-41(61)26-35-56(64)71-53-37-49(39-70-59(46-21-13-10-14-22-46,47-27-31-51(66-5)32-28-47)48-29-33-52(67-6)34-30-48)60(38-53)55(63)25-16-8-7-15-23-50(62)24-17-18-36-68-58-44(4)42(2)43(3)54(72-58)40-69-57(65)45-19-11-9-12-20-45/h9-14,19-22,27-34,42-44,49,53-54,58H,7-8,15-18,23-26,35-40H2,1-6H3/t42-,43-,44?,49-,53+,54?,58-/m0/s1. The Hall–Kier alpha value is -5.89. The van der Waals surface area contributed by atoms with Crippen LogP contribution in [0.2, 0.25) is 0 Å². The highest BCUT2D eigenvalue weighted by molar-refractivity contribution is 5.89.